The van der Waals surface area contributed by atoms with E-state index in [-0.39, 0.29) is 22.6 Å². The number of ether oxygens (including phenoxy) is 1. The summed E-state index contributed by atoms with van der Waals surface area (Å²) in [5.74, 6) is -1.01. The molecule has 0 aliphatic carbocycles. The summed E-state index contributed by atoms with van der Waals surface area (Å²) in [6.45, 7) is 0. The van der Waals surface area contributed by atoms with Crippen LogP contribution in [0, 0.1) is 5.82 Å². The van der Waals surface area contributed by atoms with Gasteiger partial charge in [0.15, 0.2) is 16.9 Å². The predicted octanol–water partition coefficient (Wildman–Crippen LogP) is 3.23. The Morgan fingerprint density at radius 3 is 2.68 bits per heavy atom. The van der Waals surface area contributed by atoms with E-state index in [9.17, 15) is 18.6 Å². The number of phosphoric acid groups is 1. The van der Waals surface area contributed by atoms with Crippen LogP contribution in [0.3, 0.4) is 0 Å². The fourth-order valence-electron chi connectivity index (χ4n) is 2.26. The number of rotatable bonds is 5. The van der Waals surface area contributed by atoms with Gasteiger partial charge in [0, 0.05) is 18.3 Å². The van der Waals surface area contributed by atoms with E-state index in [1.165, 1.54) is 37.6 Å². The summed E-state index contributed by atoms with van der Waals surface area (Å²) in [6.07, 6.45) is 1.43. The van der Waals surface area contributed by atoms with Crippen LogP contribution in [0.25, 0.3) is 10.9 Å². The van der Waals surface area contributed by atoms with Crippen LogP contribution in [-0.2, 0) is 4.57 Å². The minimum Gasteiger partial charge on any atom is -0.493 e. The van der Waals surface area contributed by atoms with E-state index in [2.05, 4.69) is 4.98 Å². The fourth-order valence-corrected chi connectivity index (χ4v) is 3.09. The SMILES string of the molecule is COc1ccc2[nH]ccc(=O)c2c1OP(=O)(O)Oc1cccc(F)c1. The lowest BCUT2D eigenvalue weighted by Crippen LogP contribution is -2.07. The Morgan fingerprint density at radius 1 is 1.16 bits per heavy atom. The molecular weight excluding hydrogens is 352 g/mol. The quantitative estimate of drug-likeness (QED) is 0.674. The molecule has 130 valence electrons. The van der Waals surface area contributed by atoms with Crippen LogP contribution in [0.5, 0.6) is 17.2 Å². The Kier molecular flexibility index (Phi) is 4.48. The molecule has 1 atom stereocenters. The molecule has 2 aromatic carbocycles. The van der Waals surface area contributed by atoms with Crippen molar-refractivity contribution in [3.05, 3.63) is 64.7 Å². The maximum absolute atomic E-state index is 13.2. The zero-order valence-corrected chi connectivity index (χ0v) is 13.8. The lowest BCUT2D eigenvalue weighted by molar-refractivity contribution is 0.284. The van der Waals surface area contributed by atoms with Crippen molar-refractivity contribution in [2.75, 3.05) is 7.11 Å². The number of hydrogen-bond donors (Lipinski definition) is 2. The van der Waals surface area contributed by atoms with Crippen LogP contribution in [0.2, 0.25) is 0 Å². The van der Waals surface area contributed by atoms with Gasteiger partial charge in [0.05, 0.1) is 18.0 Å². The summed E-state index contributed by atoms with van der Waals surface area (Å²) in [5.41, 5.74) is -0.0533. The van der Waals surface area contributed by atoms with E-state index in [0.717, 1.165) is 12.1 Å². The molecule has 0 saturated heterocycles. The predicted molar refractivity (Wildman–Crippen MR) is 88.6 cm³/mol. The second-order valence-corrected chi connectivity index (χ2v) is 6.27. The zero-order chi connectivity index (χ0) is 18.0. The largest absolute Gasteiger partial charge is 0.585 e. The van der Waals surface area contributed by atoms with E-state index >= 15 is 0 Å². The monoisotopic (exact) mass is 365 g/mol. The molecule has 0 bridgehead atoms. The number of methoxy groups -OCH3 is 1. The molecule has 9 heteroatoms. The van der Waals surface area contributed by atoms with Crippen molar-refractivity contribution in [1.29, 1.82) is 0 Å². The van der Waals surface area contributed by atoms with E-state index < -0.39 is 19.1 Å². The first-order valence-electron chi connectivity index (χ1n) is 7.05. The molecule has 25 heavy (non-hydrogen) atoms. The fraction of sp³-hybridized carbons (Fsp3) is 0.0625. The van der Waals surface area contributed by atoms with Gasteiger partial charge in [-0.15, -0.1) is 0 Å². The van der Waals surface area contributed by atoms with Gasteiger partial charge in [-0.3, -0.25) is 9.69 Å². The van der Waals surface area contributed by atoms with Crippen LogP contribution in [0.4, 0.5) is 4.39 Å². The molecule has 1 aromatic heterocycles. The average Bonchev–Trinajstić information content (AvgIpc) is 2.54. The minimum atomic E-state index is -4.72. The van der Waals surface area contributed by atoms with Gasteiger partial charge in [-0.05, 0) is 24.3 Å². The molecule has 0 aliphatic heterocycles. The molecule has 1 unspecified atom stereocenters. The summed E-state index contributed by atoms with van der Waals surface area (Å²) in [6, 6.07) is 8.97. The van der Waals surface area contributed by atoms with Crippen LogP contribution in [0.15, 0.2) is 53.5 Å². The van der Waals surface area contributed by atoms with Gasteiger partial charge in [0.2, 0.25) is 0 Å². The van der Waals surface area contributed by atoms with E-state index in [1.807, 2.05) is 0 Å². The van der Waals surface area contributed by atoms with Gasteiger partial charge in [-0.1, -0.05) is 6.07 Å². The number of pyridine rings is 1. The van der Waals surface area contributed by atoms with Gasteiger partial charge in [0.25, 0.3) is 0 Å². The van der Waals surface area contributed by atoms with Gasteiger partial charge >= 0.3 is 7.82 Å². The molecule has 7 nitrogen and oxygen atoms in total. The number of nitrogens with one attached hydrogen (secondary N) is 1. The highest BCUT2D eigenvalue weighted by Crippen LogP contribution is 2.48. The van der Waals surface area contributed by atoms with E-state index in [1.54, 1.807) is 6.07 Å². The van der Waals surface area contributed by atoms with Crippen molar-refractivity contribution < 1.29 is 27.6 Å². The minimum absolute atomic E-state index is 0.0268. The standard InChI is InChI=1S/C16H13FNO6P/c1-22-14-6-5-12-15(13(19)7-8-18-12)16(14)24-25(20,21)23-11-4-2-3-10(17)9-11/h2-9H,1H3,(H,18,19)(H,20,21). The first-order valence-corrected chi connectivity index (χ1v) is 8.55. The van der Waals surface area contributed by atoms with Crippen LogP contribution < -0.4 is 19.2 Å². The maximum Gasteiger partial charge on any atom is 0.585 e. The molecule has 0 spiro atoms. The number of hydrogen-bond acceptors (Lipinski definition) is 5. The maximum atomic E-state index is 13.2. The molecule has 0 fully saturated rings. The first kappa shape index (κ1) is 17.0. The van der Waals surface area contributed by atoms with Gasteiger partial charge in [-0.2, -0.15) is 0 Å². The molecule has 0 saturated carbocycles. The lowest BCUT2D eigenvalue weighted by Gasteiger charge is -2.17. The third-order valence-electron chi connectivity index (χ3n) is 3.28. The van der Waals surface area contributed by atoms with Crippen LogP contribution in [-0.4, -0.2) is 17.0 Å². The molecular formula is C16H13FNO6P. The van der Waals surface area contributed by atoms with Crippen molar-refractivity contribution in [1.82, 2.24) is 4.98 Å². The third kappa shape index (κ3) is 3.65. The van der Waals surface area contributed by atoms with Crippen molar-refractivity contribution in [3.8, 4) is 17.2 Å². The summed E-state index contributed by atoms with van der Waals surface area (Å²) in [4.78, 5) is 25.0. The number of H-pyrrole nitrogens is 1. The van der Waals surface area contributed by atoms with Crippen molar-refractivity contribution in [3.63, 3.8) is 0 Å². The third-order valence-corrected chi connectivity index (χ3v) is 4.14. The van der Waals surface area contributed by atoms with Gasteiger partial charge in [0.1, 0.15) is 11.6 Å². The molecule has 3 aromatic rings. The van der Waals surface area contributed by atoms with Gasteiger partial charge < -0.3 is 18.8 Å². The lowest BCUT2D eigenvalue weighted by atomic mass is 10.2. The zero-order valence-electron chi connectivity index (χ0n) is 12.9. The number of benzene rings is 2. The Balaban J connectivity index is 2.04. The number of phosphoric ester groups is 1. The summed E-state index contributed by atoms with van der Waals surface area (Å²) in [7, 11) is -3.40. The Morgan fingerprint density at radius 2 is 1.96 bits per heavy atom. The first-order chi connectivity index (χ1) is 11.9. The normalized spacial score (nSPS) is 13.2. The highest BCUT2D eigenvalue weighted by Gasteiger charge is 2.29. The summed E-state index contributed by atoms with van der Waals surface area (Å²) < 4.78 is 40.5. The number of aromatic amines is 1. The Bertz CT molecular complexity index is 1030. The van der Waals surface area contributed by atoms with Crippen molar-refractivity contribution in [2.45, 2.75) is 0 Å². The molecule has 0 radical (unpaired) electrons. The second kappa shape index (κ2) is 6.58. The molecule has 2 N–H and O–H groups in total. The molecule has 0 aliphatic rings. The Labute approximate surface area is 141 Å². The summed E-state index contributed by atoms with van der Waals surface area (Å²) >= 11 is 0. The van der Waals surface area contributed by atoms with E-state index in [0.29, 0.717) is 5.52 Å². The van der Waals surface area contributed by atoms with Crippen LogP contribution in [0.1, 0.15) is 0 Å². The number of halogens is 1. The van der Waals surface area contributed by atoms with Crippen LogP contribution >= 0.6 is 7.82 Å². The highest BCUT2D eigenvalue weighted by atomic mass is 31.2. The average molecular weight is 365 g/mol. The smallest absolute Gasteiger partial charge is 0.493 e. The topological polar surface area (TPSA) is 97.9 Å². The molecule has 3 rings (SSSR count). The van der Waals surface area contributed by atoms with Gasteiger partial charge in [-0.25, -0.2) is 8.96 Å². The van der Waals surface area contributed by atoms with Crippen molar-refractivity contribution >= 4 is 18.7 Å². The summed E-state index contributed by atoms with van der Waals surface area (Å²) in [5, 5.41) is 0.0268. The molecule has 0 amide bonds. The second-order valence-electron chi connectivity index (χ2n) is 4.97. The molecule has 1 heterocycles. The number of fused-ring (bicyclic) bond motifs is 1. The highest BCUT2D eigenvalue weighted by molar-refractivity contribution is 7.48. The number of aromatic nitrogens is 1. The Hall–Kier alpha value is -2.83. The van der Waals surface area contributed by atoms with E-state index in [4.69, 9.17) is 13.8 Å². The van der Waals surface area contributed by atoms with Crippen molar-refractivity contribution in [2.24, 2.45) is 0 Å².